The summed E-state index contributed by atoms with van der Waals surface area (Å²) >= 11 is 0. The minimum absolute atomic E-state index is 0.0256. The van der Waals surface area contributed by atoms with Gasteiger partial charge < -0.3 is 34.7 Å². The van der Waals surface area contributed by atoms with Gasteiger partial charge in [-0.3, -0.25) is 14.5 Å². The lowest BCUT2D eigenvalue weighted by molar-refractivity contribution is -0.169. The number of ether oxygens (including phenoxy) is 2. The summed E-state index contributed by atoms with van der Waals surface area (Å²) in [6.45, 7) is 8.70. The zero-order chi connectivity index (χ0) is 30.6. The topological polar surface area (TPSA) is 173 Å². The fraction of sp³-hybridized carbons (Fsp3) is 0.536. The number of nitrogens with one attached hydrogen (secondary N) is 1. The van der Waals surface area contributed by atoms with Crippen molar-refractivity contribution in [2.45, 2.75) is 58.5 Å². The maximum atomic E-state index is 13.5. The number of hydrogen-bond acceptors (Lipinski definition) is 12. The van der Waals surface area contributed by atoms with E-state index in [1.54, 1.807) is 13.8 Å². The van der Waals surface area contributed by atoms with Gasteiger partial charge in [0.15, 0.2) is 24.3 Å². The molecule has 4 rings (SSSR count). The predicted molar refractivity (Wildman–Crippen MR) is 150 cm³/mol. The molecular formula is C28H37N5O9. The van der Waals surface area contributed by atoms with Crippen LogP contribution in [0.4, 0.5) is 5.69 Å². The molecule has 3 heterocycles. The second-order valence-corrected chi connectivity index (χ2v) is 10.2. The van der Waals surface area contributed by atoms with Crippen molar-refractivity contribution in [3.8, 4) is 17.1 Å². The van der Waals surface area contributed by atoms with Crippen LogP contribution in [0.3, 0.4) is 0 Å². The van der Waals surface area contributed by atoms with E-state index in [4.69, 9.17) is 14.3 Å². The number of nitrogens with zero attached hydrogens (tertiary/aromatic N) is 4. The van der Waals surface area contributed by atoms with Gasteiger partial charge in [0.1, 0.15) is 5.75 Å². The number of piperazine rings is 1. The van der Waals surface area contributed by atoms with Gasteiger partial charge in [0, 0.05) is 44.0 Å². The van der Waals surface area contributed by atoms with E-state index >= 15 is 0 Å². The lowest BCUT2D eigenvalue weighted by atomic mass is 10.1. The Morgan fingerprint density at radius 1 is 1.07 bits per heavy atom. The van der Waals surface area contributed by atoms with Crippen molar-refractivity contribution in [2.75, 3.05) is 45.2 Å². The van der Waals surface area contributed by atoms with Crippen LogP contribution in [0.25, 0.3) is 11.4 Å². The number of rotatable bonds is 8. The molecule has 0 saturated carbocycles. The van der Waals surface area contributed by atoms with Crippen LogP contribution in [0.2, 0.25) is 0 Å². The van der Waals surface area contributed by atoms with Crippen molar-refractivity contribution >= 4 is 23.5 Å². The van der Waals surface area contributed by atoms with E-state index in [0.29, 0.717) is 36.5 Å². The second-order valence-electron chi connectivity index (χ2n) is 10.2. The number of aliphatic hydroxyl groups excluding tert-OH is 2. The number of esters is 1. The summed E-state index contributed by atoms with van der Waals surface area (Å²) in [7, 11) is 2.01. The molecule has 2 aliphatic heterocycles. The lowest BCUT2D eigenvalue weighted by Gasteiger charge is -2.36. The van der Waals surface area contributed by atoms with Gasteiger partial charge in [-0.25, -0.2) is 14.6 Å². The summed E-state index contributed by atoms with van der Waals surface area (Å²) < 4.78 is 11.9. The molecule has 1 saturated heterocycles. The third kappa shape index (κ3) is 6.52. The molecule has 3 N–H and O–H groups in total. The number of hydrogen-bond donors (Lipinski definition) is 3. The van der Waals surface area contributed by atoms with E-state index in [2.05, 4.69) is 15.2 Å². The van der Waals surface area contributed by atoms with Crippen molar-refractivity contribution in [1.82, 2.24) is 19.5 Å². The fourth-order valence-electron chi connectivity index (χ4n) is 4.76. The van der Waals surface area contributed by atoms with Crippen LogP contribution < -0.4 is 20.5 Å². The number of carbonyl (C=O) groups excluding carboxylic acids is 3. The first-order chi connectivity index (χ1) is 20.1. The minimum atomic E-state index is -2.32. The van der Waals surface area contributed by atoms with E-state index in [1.165, 1.54) is 18.2 Å². The highest BCUT2D eigenvalue weighted by molar-refractivity contribution is 5.95. The van der Waals surface area contributed by atoms with Crippen LogP contribution >= 0.6 is 0 Å². The fourth-order valence-corrected chi connectivity index (χ4v) is 4.76. The van der Waals surface area contributed by atoms with Crippen molar-refractivity contribution in [1.29, 1.82) is 0 Å². The van der Waals surface area contributed by atoms with Gasteiger partial charge >= 0.3 is 11.9 Å². The number of carbonyl (C=O) groups is 3. The Bertz CT molecular complexity index is 1390. The number of aromatic nitrogens is 2. The first-order valence-electron chi connectivity index (χ1n) is 14.0. The van der Waals surface area contributed by atoms with E-state index in [0.717, 1.165) is 19.5 Å². The third-order valence-electron chi connectivity index (χ3n) is 7.15. The van der Waals surface area contributed by atoms with Crippen molar-refractivity contribution < 1.29 is 38.9 Å². The van der Waals surface area contributed by atoms with Crippen LogP contribution in [0.5, 0.6) is 5.75 Å². The first-order valence-corrected chi connectivity index (χ1v) is 14.0. The number of likely N-dealkylation sites (N-methyl/N-ethyl adjacent to an activating group) is 1. The van der Waals surface area contributed by atoms with Crippen molar-refractivity contribution in [3.05, 3.63) is 39.8 Å². The molecule has 3 atom stereocenters. The van der Waals surface area contributed by atoms with Crippen LogP contribution in [0, 0.1) is 0 Å². The normalized spacial score (nSPS) is 20.6. The molecule has 0 bridgehead atoms. The Kier molecular flexibility index (Phi) is 10.1. The molecule has 0 radical (unpaired) electrons. The van der Waals surface area contributed by atoms with Crippen LogP contribution in [0.1, 0.15) is 38.4 Å². The van der Waals surface area contributed by atoms with Gasteiger partial charge in [-0.1, -0.05) is 20.8 Å². The maximum Gasteiger partial charge on any atom is 0.364 e. The maximum absolute atomic E-state index is 13.5. The zero-order valence-electron chi connectivity index (χ0n) is 24.2. The van der Waals surface area contributed by atoms with E-state index in [-0.39, 0.29) is 34.8 Å². The molecule has 1 amide bonds. The first kappa shape index (κ1) is 31.3. The molecule has 1 aromatic heterocycles. The van der Waals surface area contributed by atoms with Gasteiger partial charge in [0.2, 0.25) is 0 Å². The quantitative estimate of drug-likeness (QED) is 0.269. The molecule has 42 heavy (non-hydrogen) atoms. The van der Waals surface area contributed by atoms with E-state index in [9.17, 15) is 29.4 Å². The SMILES string of the molecule is CCCOC(C(=O)Nc1ccc2c(c1)-c1nc(CC)c(CC)c(=O)n1OC(=O)C(O)C(O)C(=O)O2)N1CCN(C)CC1. The Morgan fingerprint density at radius 3 is 2.40 bits per heavy atom. The smallest absolute Gasteiger partial charge is 0.364 e. The summed E-state index contributed by atoms with van der Waals surface area (Å²) in [5.74, 6) is -3.53. The summed E-state index contributed by atoms with van der Waals surface area (Å²) in [5.41, 5.74) is 0.295. The van der Waals surface area contributed by atoms with E-state index < -0.39 is 41.8 Å². The Morgan fingerprint density at radius 2 is 1.76 bits per heavy atom. The monoisotopic (exact) mass is 587 g/mol. The van der Waals surface area contributed by atoms with Crippen LogP contribution in [0.15, 0.2) is 23.0 Å². The molecule has 2 aromatic rings. The number of aryl methyl sites for hydroxylation is 1. The largest absolute Gasteiger partial charge is 0.424 e. The molecule has 228 valence electrons. The molecule has 14 heteroatoms. The summed E-state index contributed by atoms with van der Waals surface area (Å²) in [6.07, 6.45) is -4.08. The Balaban J connectivity index is 1.80. The number of aliphatic hydroxyl groups is 2. The number of fused-ring (bicyclic) bond motifs is 3. The average Bonchev–Trinajstić information content (AvgIpc) is 2.98. The number of amides is 1. The highest BCUT2D eigenvalue weighted by atomic mass is 16.7. The number of anilines is 1. The summed E-state index contributed by atoms with van der Waals surface area (Å²) in [5, 5.41) is 23.2. The van der Waals surface area contributed by atoms with Gasteiger partial charge in [-0.15, -0.1) is 4.73 Å². The highest BCUT2D eigenvalue weighted by Gasteiger charge is 2.37. The lowest BCUT2D eigenvalue weighted by Crippen LogP contribution is -2.54. The molecule has 3 unspecified atom stereocenters. The summed E-state index contributed by atoms with van der Waals surface area (Å²) in [4.78, 5) is 66.0. The Hall–Kier alpha value is -3.69. The average molecular weight is 588 g/mol. The van der Waals surface area contributed by atoms with Gasteiger partial charge in [0.05, 0.1) is 11.3 Å². The molecular weight excluding hydrogens is 550 g/mol. The molecule has 14 nitrogen and oxygen atoms in total. The zero-order valence-corrected chi connectivity index (χ0v) is 24.2. The van der Waals surface area contributed by atoms with Crippen LogP contribution in [-0.2, 0) is 32.0 Å². The molecule has 0 spiro atoms. The molecule has 2 aliphatic rings. The Labute approximate surface area is 242 Å². The molecule has 1 fully saturated rings. The van der Waals surface area contributed by atoms with Gasteiger partial charge in [-0.2, -0.15) is 0 Å². The van der Waals surface area contributed by atoms with Gasteiger partial charge in [-0.05, 0) is 44.5 Å². The molecule has 1 aromatic carbocycles. The highest BCUT2D eigenvalue weighted by Crippen LogP contribution is 2.33. The van der Waals surface area contributed by atoms with E-state index in [1.807, 2.05) is 18.9 Å². The number of benzene rings is 1. The second kappa shape index (κ2) is 13.5. The van der Waals surface area contributed by atoms with Crippen molar-refractivity contribution in [3.63, 3.8) is 0 Å². The summed E-state index contributed by atoms with van der Waals surface area (Å²) in [6, 6.07) is 4.23. The van der Waals surface area contributed by atoms with Crippen LogP contribution in [-0.4, -0.2) is 106 Å². The third-order valence-corrected chi connectivity index (χ3v) is 7.15. The predicted octanol–water partition coefficient (Wildman–Crippen LogP) is -0.430. The molecule has 0 aliphatic carbocycles. The van der Waals surface area contributed by atoms with Crippen molar-refractivity contribution in [2.24, 2.45) is 0 Å². The minimum Gasteiger partial charge on any atom is -0.424 e. The standard InChI is InChI=1S/C28H37N5O9/c1-5-14-40-26(32-12-10-31(4)11-13-32)24(36)29-16-8-9-20-18(15-16)23-30-19(7-3)17(6-2)25(37)33(23)42-28(39)22(35)21(34)27(38)41-20/h8-9,15,21-22,26,34-35H,5-7,10-14H2,1-4H3,(H,29,36). The van der Waals surface area contributed by atoms with Gasteiger partial charge in [0.25, 0.3) is 11.5 Å².